The average Bonchev–Trinajstić information content (AvgIpc) is 2.84. The van der Waals surface area contributed by atoms with Crippen LogP contribution in [0.25, 0.3) is 0 Å². The number of ether oxygens (including phenoxy) is 1. The summed E-state index contributed by atoms with van der Waals surface area (Å²) in [6.45, 7) is 6.86. The highest BCUT2D eigenvalue weighted by Gasteiger charge is 2.21. The van der Waals surface area contributed by atoms with Crippen LogP contribution in [-0.2, 0) is 4.74 Å². The molecule has 1 aliphatic carbocycles. The number of nitrogens with zero attached hydrogens (tertiary/aromatic N) is 1. The average molecular weight is 284 g/mol. The molecule has 20 heavy (non-hydrogen) atoms. The van der Waals surface area contributed by atoms with Crippen molar-refractivity contribution in [2.24, 2.45) is 11.8 Å². The molecule has 2 unspecified atom stereocenters. The highest BCUT2D eigenvalue weighted by molar-refractivity contribution is 4.75. The lowest BCUT2D eigenvalue weighted by Gasteiger charge is -2.27. The Labute approximate surface area is 123 Å². The van der Waals surface area contributed by atoms with Crippen molar-refractivity contribution in [3.63, 3.8) is 0 Å². The number of hydrogen-bond acceptors (Lipinski definition) is 4. The lowest BCUT2D eigenvalue weighted by Crippen LogP contribution is -2.35. The summed E-state index contributed by atoms with van der Waals surface area (Å²) >= 11 is 0. The summed E-state index contributed by atoms with van der Waals surface area (Å²) in [6.07, 6.45) is 6.15. The summed E-state index contributed by atoms with van der Waals surface area (Å²) in [4.78, 5) is 2.37. The van der Waals surface area contributed by atoms with Crippen LogP contribution in [0.15, 0.2) is 0 Å². The van der Waals surface area contributed by atoms with Gasteiger partial charge in [0.25, 0.3) is 0 Å². The molecule has 1 aliphatic heterocycles. The first-order chi connectivity index (χ1) is 9.63. The van der Waals surface area contributed by atoms with Gasteiger partial charge in [-0.05, 0) is 64.1 Å². The van der Waals surface area contributed by atoms with Crippen LogP contribution in [0.1, 0.15) is 39.0 Å². The van der Waals surface area contributed by atoms with Crippen molar-refractivity contribution in [3.8, 4) is 0 Å². The van der Waals surface area contributed by atoms with Crippen molar-refractivity contribution in [2.45, 2.75) is 51.2 Å². The van der Waals surface area contributed by atoms with Gasteiger partial charge in [0, 0.05) is 13.1 Å². The van der Waals surface area contributed by atoms with Crippen molar-refractivity contribution in [2.75, 3.05) is 39.8 Å². The highest BCUT2D eigenvalue weighted by atomic mass is 16.5. The molecule has 118 valence electrons. The number of nitrogens with one attached hydrogen (secondary N) is 1. The molecule has 0 radical (unpaired) electrons. The van der Waals surface area contributed by atoms with E-state index in [1.54, 1.807) is 0 Å². The van der Waals surface area contributed by atoms with Gasteiger partial charge in [-0.3, -0.25) is 0 Å². The second kappa shape index (κ2) is 8.32. The Morgan fingerprint density at radius 1 is 1.25 bits per heavy atom. The molecule has 1 heterocycles. The number of likely N-dealkylation sites (tertiary alicyclic amines) is 1. The monoisotopic (exact) mass is 284 g/mol. The van der Waals surface area contributed by atoms with Crippen molar-refractivity contribution in [1.29, 1.82) is 0 Å². The first-order valence-corrected chi connectivity index (χ1v) is 8.32. The van der Waals surface area contributed by atoms with Crippen LogP contribution in [0, 0.1) is 11.8 Å². The summed E-state index contributed by atoms with van der Waals surface area (Å²) in [7, 11) is 2.17. The Bertz CT molecular complexity index is 267. The largest absolute Gasteiger partial charge is 0.389 e. The summed E-state index contributed by atoms with van der Waals surface area (Å²) in [5.74, 6) is 1.60. The molecule has 2 atom stereocenters. The highest BCUT2D eigenvalue weighted by Crippen LogP contribution is 2.25. The Balaban J connectivity index is 1.49. The van der Waals surface area contributed by atoms with E-state index in [1.807, 2.05) is 0 Å². The number of hydrogen-bond donors (Lipinski definition) is 2. The maximum absolute atomic E-state index is 9.96. The summed E-state index contributed by atoms with van der Waals surface area (Å²) in [5, 5.41) is 13.3. The molecule has 2 aliphatic rings. The van der Waals surface area contributed by atoms with Gasteiger partial charge in [0.15, 0.2) is 0 Å². The molecular formula is C16H32N2O2. The minimum absolute atomic E-state index is 0.367. The Kier molecular flexibility index (Phi) is 6.75. The molecule has 4 heteroatoms. The zero-order valence-electron chi connectivity index (χ0n) is 13.2. The van der Waals surface area contributed by atoms with Gasteiger partial charge in [-0.2, -0.15) is 0 Å². The quantitative estimate of drug-likeness (QED) is 0.743. The smallest absolute Gasteiger partial charge is 0.0897 e. The molecule has 0 bridgehead atoms. The normalized spacial score (nSPS) is 33.5. The lowest BCUT2D eigenvalue weighted by molar-refractivity contribution is -0.0279. The van der Waals surface area contributed by atoms with Gasteiger partial charge >= 0.3 is 0 Å². The molecule has 0 spiro atoms. The summed E-state index contributed by atoms with van der Waals surface area (Å²) < 4.78 is 5.83. The fraction of sp³-hybridized carbons (Fsp3) is 1.00. The first kappa shape index (κ1) is 16.2. The Hall–Kier alpha value is -0.160. The van der Waals surface area contributed by atoms with Crippen LogP contribution in [0.3, 0.4) is 0 Å². The van der Waals surface area contributed by atoms with Crippen LogP contribution in [-0.4, -0.2) is 62.0 Å². The Morgan fingerprint density at radius 2 is 2.00 bits per heavy atom. The van der Waals surface area contributed by atoms with Crippen molar-refractivity contribution in [1.82, 2.24) is 10.2 Å². The van der Waals surface area contributed by atoms with E-state index >= 15 is 0 Å². The molecule has 2 rings (SSSR count). The van der Waals surface area contributed by atoms with Gasteiger partial charge < -0.3 is 20.1 Å². The van der Waals surface area contributed by atoms with Gasteiger partial charge in [-0.1, -0.05) is 6.92 Å². The van der Waals surface area contributed by atoms with Gasteiger partial charge in [-0.25, -0.2) is 0 Å². The van der Waals surface area contributed by atoms with Crippen molar-refractivity contribution >= 4 is 0 Å². The van der Waals surface area contributed by atoms with E-state index in [-0.39, 0.29) is 6.10 Å². The zero-order valence-corrected chi connectivity index (χ0v) is 13.2. The molecule has 2 fully saturated rings. The fourth-order valence-electron chi connectivity index (χ4n) is 3.35. The number of aliphatic hydroxyl groups is 1. The number of rotatable bonds is 7. The second-order valence-corrected chi connectivity index (χ2v) is 6.94. The zero-order chi connectivity index (χ0) is 14.4. The predicted molar refractivity (Wildman–Crippen MR) is 81.9 cm³/mol. The summed E-state index contributed by atoms with van der Waals surface area (Å²) in [6, 6.07) is 0. The van der Waals surface area contributed by atoms with Crippen LogP contribution in [0.4, 0.5) is 0 Å². The van der Waals surface area contributed by atoms with E-state index in [4.69, 9.17) is 4.74 Å². The fourth-order valence-corrected chi connectivity index (χ4v) is 3.35. The van der Waals surface area contributed by atoms with Crippen LogP contribution in [0.5, 0.6) is 0 Å². The van der Waals surface area contributed by atoms with Gasteiger partial charge in [-0.15, -0.1) is 0 Å². The molecule has 4 nitrogen and oxygen atoms in total. The molecular weight excluding hydrogens is 252 g/mol. The third kappa shape index (κ3) is 5.68. The Morgan fingerprint density at radius 3 is 2.65 bits per heavy atom. The third-order valence-corrected chi connectivity index (χ3v) is 4.79. The van der Waals surface area contributed by atoms with Crippen molar-refractivity contribution in [3.05, 3.63) is 0 Å². The van der Waals surface area contributed by atoms with Crippen LogP contribution < -0.4 is 5.32 Å². The van der Waals surface area contributed by atoms with Crippen LogP contribution >= 0.6 is 0 Å². The SMILES string of the molecule is CC1CCC(OCC(O)CNCC2CCN(C)C2)CC1. The summed E-state index contributed by atoms with van der Waals surface area (Å²) in [5.41, 5.74) is 0. The molecule has 0 aromatic carbocycles. The second-order valence-electron chi connectivity index (χ2n) is 6.94. The van der Waals surface area contributed by atoms with E-state index in [2.05, 4.69) is 24.2 Å². The topological polar surface area (TPSA) is 44.7 Å². The van der Waals surface area contributed by atoms with Crippen LogP contribution in [0.2, 0.25) is 0 Å². The van der Waals surface area contributed by atoms with E-state index < -0.39 is 0 Å². The van der Waals surface area contributed by atoms with E-state index in [0.29, 0.717) is 19.3 Å². The molecule has 0 aromatic heterocycles. The van der Waals surface area contributed by atoms with Crippen molar-refractivity contribution < 1.29 is 9.84 Å². The van der Waals surface area contributed by atoms with Gasteiger partial charge in [0.05, 0.1) is 18.8 Å². The molecule has 0 aromatic rings. The minimum Gasteiger partial charge on any atom is -0.389 e. The first-order valence-electron chi connectivity index (χ1n) is 8.32. The molecule has 1 saturated carbocycles. The van der Waals surface area contributed by atoms with Gasteiger partial charge in [0.1, 0.15) is 0 Å². The molecule has 2 N–H and O–H groups in total. The minimum atomic E-state index is -0.367. The third-order valence-electron chi connectivity index (χ3n) is 4.79. The standard InChI is InChI=1S/C16H32N2O2/c1-13-3-5-16(6-4-13)20-12-15(19)10-17-9-14-7-8-18(2)11-14/h13-17,19H,3-12H2,1-2H3. The molecule has 0 amide bonds. The molecule has 1 saturated heterocycles. The van der Waals surface area contributed by atoms with E-state index in [1.165, 1.54) is 32.4 Å². The van der Waals surface area contributed by atoms with Gasteiger partial charge in [0.2, 0.25) is 0 Å². The van der Waals surface area contributed by atoms with E-state index in [9.17, 15) is 5.11 Å². The predicted octanol–water partition coefficient (Wildman–Crippen LogP) is 1.48. The maximum atomic E-state index is 9.96. The maximum Gasteiger partial charge on any atom is 0.0897 e. The van der Waals surface area contributed by atoms with E-state index in [0.717, 1.165) is 31.2 Å². The lowest BCUT2D eigenvalue weighted by atomic mass is 9.89. The number of aliphatic hydroxyl groups excluding tert-OH is 1.